The molecule has 144 valence electrons. The Hall–Kier alpha value is -3.77. The van der Waals surface area contributed by atoms with Gasteiger partial charge in [-0.3, -0.25) is 0 Å². The molecule has 0 radical (unpaired) electrons. The maximum absolute atomic E-state index is 12.5. The maximum atomic E-state index is 12.5. The van der Waals surface area contributed by atoms with Gasteiger partial charge in [0.2, 0.25) is 0 Å². The van der Waals surface area contributed by atoms with Crippen LogP contribution in [-0.2, 0) is 11.2 Å². The van der Waals surface area contributed by atoms with Crippen molar-refractivity contribution in [2.24, 2.45) is 0 Å². The highest BCUT2D eigenvalue weighted by atomic mass is 16.5. The van der Waals surface area contributed by atoms with Gasteiger partial charge in [0.25, 0.3) is 0 Å². The first-order valence-electron chi connectivity index (χ1n) is 9.37. The smallest absolute Gasteiger partial charge is 0.339 e. The third-order valence-electron chi connectivity index (χ3n) is 4.25. The molecule has 0 unspecified atom stereocenters. The zero-order valence-corrected chi connectivity index (χ0v) is 16.3. The zero-order chi connectivity index (χ0) is 20.3. The molecule has 0 aliphatic rings. The molecule has 0 saturated carbocycles. The lowest BCUT2D eigenvalue weighted by Crippen LogP contribution is -2.07. The van der Waals surface area contributed by atoms with Crippen molar-refractivity contribution in [3.63, 3.8) is 0 Å². The van der Waals surface area contributed by atoms with Gasteiger partial charge in [0, 0.05) is 11.1 Å². The van der Waals surface area contributed by atoms with E-state index in [1.54, 1.807) is 19.2 Å². The summed E-state index contributed by atoms with van der Waals surface area (Å²) in [6, 6.07) is 24.8. The Morgan fingerprint density at radius 2 is 1.59 bits per heavy atom. The highest BCUT2D eigenvalue weighted by Crippen LogP contribution is 2.12. The Balaban J connectivity index is 1.60. The SMILES string of the molecule is COc1ccc(C#Cc2ccccc2C(=O)OC/C=C/Cc2ccccc2)cc1. The molecular formula is C26H22O3. The first kappa shape index (κ1) is 20.0. The molecule has 0 N–H and O–H groups in total. The molecule has 0 heterocycles. The second-order valence-electron chi connectivity index (χ2n) is 6.28. The number of hydrogen-bond donors (Lipinski definition) is 0. The third kappa shape index (κ3) is 6.12. The normalized spacial score (nSPS) is 10.2. The van der Waals surface area contributed by atoms with E-state index < -0.39 is 0 Å². The lowest BCUT2D eigenvalue weighted by Gasteiger charge is -2.04. The van der Waals surface area contributed by atoms with Crippen molar-refractivity contribution < 1.29 is 14.3 Å². The largest absolute Gasteiger partial charge is 0.497 e. The molecule has 3 rings (SSSR count). The van der Waals surface area contributed by atoms with Crippen LogP contribution in [0.15, 0.2) is 91.0 Å². The number of esters is 1. The van der Waals surface area contributed by atoms with E-state index in [1.165, 1.54) is 5.56 Å². The van der Waals surface area contributed by atoms with Gasteiger partial charge >= 0.3 is 5.97 Å². The minimum absolute atomic E-state index is 0.228. The van der Waals surface area contributed by atoms with Crippen LogP contribution >= 0.6 is 0 Å². The molecule has 3 heteroatoms. The molecule has 3 nitrogen and oxygen atoms in total. The summed E-state index contributed by atoms with van der Waals surface area (Å²) in [5.74, 6) is 6.53. The van der Waals surface area contributed by atoms with Crippen LogP contribution in [0.4, 0.5) is 0 Å². The van der Waals surface area contributed by atoms with Crippen LogP contribution in [0.2, 0.25) is 0 Å². The van der Waals surface area contributed by atoms with E-state index in [9.17, 15) is 4.79 Å². The van der Waals surface area contributed by atoms with Crippen LogP contribution in [0.25, 0.3) is 0 Å². The predicted molar refractivity (Wildman–Crippen MR) is 115 cm³/mol. The zero-order valence-electron chi connectivity index (χ0n) is 16.3. The van der Waals surface area contributed by atoms with Gasteiger partial charge in [-0.1, -0.05) is 66.5 Å². The Morgan fingerprint density at radius 1 is 0.862 bits per heavy atom. The Bertz CT molecular complexity index is 1020. The number of carbonyl (C=O) groups is 1. The minimum Gasteiger partial charge on any atom is -0.497 e. The first-order chi connectivity index (χ1) is 14.3. The summed E-state index contributed by atoms with van der Waals surface area (Å²) in [5, 5.41) is 0. The van der Waals surface area contributed by atoms with E-state index in [0.717, 1.165) is 17.7 Å². The molecule has 0 bridgehead atoms. The fourth-order valence-electron chi connectivity index (χ4n) is 2.69. The summed E-state index contributed by atoms with van der Waals surface area (Å²) >= 11 is 0. The standard InChI is InChI=1S/C26H22O3/c1-28-24-18-15-22(16-19-24)14-17-23-12-5-6-13-25(23)26(27)29-20-8-7-11-21-9-3-2-4-10-21/h2-10,12-13,15-16,18-19H,11,20H2,1H3/b8-7+. The van der Waals surface area contributed by atoms with Crippen LogP contribution in [0.3, 0.4) is 0 Å². The van der Waals surface area contributed by atoms with Gasteiger partial charge in [-0.15, -0.1) is 0 Å². The molecule has 0 atom stereocenters. The van der Waals surface area contributed by atoms with Gasteiger partial charge in [0.15, 0.2) is 0 Å². The summed E-state index contributed by atoms with van der Waals surface area (Å²) in [6.45, 7) is 0.228. The van der Waals surface area contributed by atoms with Crippen molar-refractivity contribution in [3.8, 4) is 17.6 Å². The second-order valence-corrected chi connectivity index (χ2v) is 6.28. The molecule has 29 heavy (non-hydrogen) atoms. The predicted octanol–water partition coefficient (Wildman–Crippen LogP) is 5.05. The molecule has 3 aromatic rings. The molecule has 0 fully saturated rings. The molecule has 0 amide bonds. The Morgan fingerprint density at radius 3 is 2.34 bits per heavy atom. The van der Waals surface area contributed by atoms with Gasteiger partial charge in [-0.25, -0.2) is 4.79 Å². The second kappa shape index (κ2) is 10.5. The van der Waals surface area contributed by atoms with Crippen LogP contribution in [-0.4, -0.2) is 19.7 Å². The molecule has 0 aliphatic heterocycles. The summed E-state index contributed by atoms with van der Waals surface area (Å²) < 4.78 is 10.5. The van der Waals surface area contributed by atoms with Crippen molar-refractivity contribution in [3.05, 3.63) is 113 Å². The fraction of sp³-hybridized carbons (Fsp3) is 0.115. The average Bonchev–Trinajstić information content (AvgIpc) is 2.78. The lowest BCUT2D eigenvalue weighted by molar-refractivity contribution is 0.0549. The Kier molecular flexibility index (Phi) is 7.26. The topological polar surface area (TPSA) is 35.5 Å². The van der Waals surface area contributed by atoms with Gasteiger partial charge < -0.3 is 9.47 Å². The third-order valence-corrected chi connectivity index (χ3v) is 4.25. The van der Waals surface area contributed by atoms with Crippen LogP contribution in [0.5, 0.6) is 5.75 Å². The van der Waals surface area contributed by atoms with Crippen molar-refractivity contribution in [2.45, 2.75) is 6.42 Å². The van der Waals surface area contributed by atoms with Crippen LogP contribution in [0.1, 0.15) is 27.0 Å². The van der Waals surface area contributed by atoms with Crippen LogP contribution < -0.4 is 4.74 Å². The number of hydrogen-bond acceptors (Lipinski definition) is 3. The van der Waals surface area contributed by atoms with E-state index >= 15 is 0 Å². The highest BCUT2D eigenvalue weighted by Gasteiger charge is 2.10. The number of benzene rings is 3. The van der Waals surface area contributed by atoms with Crippen molar-refractivity contribution in [1.82, 2.24) is 0 Å². The fourth-order valence-corrected chi connectivity index (χ4v) is 2.69. The summed E-state index contributed by atoms with van der Waals surface area (Å²) in [6.07, 6.45) is 4.66. The number of rotatable bonds is 6. The lowest BCUT2D eigenvalue weighted by atomic mass is 10.1. The van der Waals surface area contributed by atoms with Crippen molar-refractivity contribution in [2.75, 3.05) is 13.7 Å². The molecule has 0 saturated heterocycles. The average molecular weight is 382 g/mol. The number of methoxy groups -OCH3 is 1. The van der Waals surface area contributed by atoms with E-state index in [0.29, 0.717) is 11.1 Å². The van der Waals surface area contributed by atoms with Crippen LogP contribution in [0, 0.1) is 11.8 Å². The maximum Gasteiger partial charge on any atom is 0.339 e. The van der Waals surface area contributed by atoms with Crippen molar-refractivity contribution in [1.29, 1.82) is 0 Å². The summed E-state index contributed by atoms with van der Waals surface area (Å²) in [5.41, 5.74) is 3.17. The van der Waals surface area contributed by atoms with Gasteiger partial charge in [0.1, 0.15) is 12.4 Å². The number of carbonyl (C=O) groups excluding carboxylic acids is 1. The summed E-state index contributed by atoms with van der Waals surface area (Å²) in [7, 11) is 1.62. The minimum atomic E-state index is -0.381. The first-order valence-corrected chi connectivity index (χ1v) is 9.37. The monoisotopic (exact) mass is 382 g/mol. The highest BCUT2D eigenvalue weighted by molar-refractivity contribution is 5.92. The van der Waals surface area contributed by atoms with Gasteiger partial charge in [0.05, 0.1) is 12.7 Å². The molecule has 3 aromatic carbocycles. The van der Waals surface area contributed by atoms with E-state index in [2.05, 4.69) is 24.0 Å². The molecule has 0 aromatic heterocycles. The number of ether oxygens (including phenoxy) is 2. The van der Waals surface area contributed by atoms with Gasteiger partial charge in [-0.2, -0.15) is 0 Å². The quantitative estimate of drug-likeness (QED) is 0.340. The summed E-state index contributed by atoms with van der Waals surface area (Å²) in [4.78, 5) is 12.5. The van der Waals surface area contributed by atoms with E-state index in [-0.39, 0.29) is 12.6 Å². The van der Waals surface area contributed by atoms with Gasteiger partial charge in [-0.05, 0) is 48.4 Å². The molecule has 0 spiro atoms. The number of allylic oxidation sites excluding steroid dienone is 1. The molecule has 0 aliphatic carbocycles. The molecular weight excluding hydrogens is 360 g/mol. The van der Waals surface area contributed by atoms with Crippen molar-refractivity contribution >= 4 is 5.97 Å². The Labute approximate surface area is 171 Å². The van der Waals surface area contributed by atoms with E-state index in [4.69, 9.17) is 9.47 Å². The van der Waals surface area contributed by atoms with E-state index in [1.807, 2.05) is 66.7 Å².